The Morgan fingerprint density at radius 2 is 1.43 bits per heavy atom. The number of ether oxygens (including phenoxy) is 2. The van der Waals surface area contributed by atoms with Crippen molar-refractivity contribution in [3.63, 3.8) is 0 Å². The fourth-order valence-corrected chi connectivity index (χ4v) is 3.05. The molecule has 0 saturated heterocycles. The highest BCUT2D eigenvalue weighted by Gasteiger charge is 2.22. The van der Waals surface area contributed by atoms with Gasteiger partial charge in [-0.1, -0.05) is 72.8 Å². The van der Waals surface area contributed by atoms with E-state index < -0.39 is 12.0 Å². The van der Waals surface area contributed by atoms with Crippen molar-refractivity contribution in [2.24, 2.45) is 0 Å². The van der Waals surface area contributed by atoms with Gasteiger partial charge in [-0.05, 0) is 35.7 Å². The standard InChI is InChI=1S/C25H25NO4/c1-2-29-25(28)23(17-19-9-5-3-6-10-19)26-24(27)18-30-22-15-13-21(14-16-22)20-11-7-4-8-12-20/h3-16,23H,2,17-18H2,1H3,(H,26,27). The van der Waals surface area contributed by atoms with Gasteiger partial charge in [0.1, 0.15) is 11.8 Å². The number of nitrogens with one attached hydrogen (secondary N) is 1. The van der Waals surface area contributed by atoms with Crippen molar-refractivity contribution in [3.8, 4) is 16.9 Å². The maximum Gasteiger partial charge on any atom is 0.328 e. The molecule has 0 spiro atoms. The molecule has 1 N–H and O–H groups in total. The number of hydrogen-bond donors (Lipinski definition) is 1. The maximum atomic E-state index is 12.4. The molecular formula is C25H25NO4. The Morgan fingerprint density at radius 1 is 0.833 bits per heavy atom. The number of amides is 1. The van der Waals surface area contributed by atoms with Gasteiger partial charge < -0.3 is 14.8 Å². The summed E-state index contributed by atoms with van der Waals surface area (Å²) in [6, 6.07) is 26.3. The SMILES string of the molecule is CCOC(=O)C(Cc1ccccc1)NC(=O)COc1ccc(-c2ccccc2)cc1. The van der Waals surface area contributed by atoms with E-state index in [4.69, 9.17) is 9.47 Å². The lowest BCUT2D eigenvalue weighted by Gasteiger charge is -2.17. The molecule has 3 aromatic carbocycles. The van der Waals surface area contributed by atoms with Crippen LogP contribution in [0.5, 0.6) is 5.75 Å². The van der Waals surface area contributed by atoms with Gasteiger partial charge in [-0.2, -0.15) is 0 Å². The van der Waals surface area contributed by atoms with Crippen molar-refractivity contribution >= 4 is 11.9 Å². The Kier molecular flexibility index (Phi) is 7.61. The van der Waals surface area contributed by atoms with Crippen LogP contribution in [0.1, 0.15) is 12.5 Å². The van der Waals surface area contributed by atoms with Crippen LogP contribution < -0.4 is 10.1 Å². The molecule has 5 heteroatoms. The molecular weight excluding hydrogens is 378 g/mol. The van der Waals surface area contributed by atoms with Crippen LogP contribution in [-0.4, -0.2) is 31.1 Å². The van der Waals surface area contributed by atoms with Crippen molar-refractivity contribution in [2.45, 2.75) is 19.4 Å². The second kappa shape index (κ2) is 10.8. The number of hydrogen-bond acceptors (Lipinski definition) is 4. The highest BCUT2D eigenvalue weighted by Crippen LogP contribution is 2.22. The first-order valence-corrected chi connectivity index (χ1v) is 9.94. The lowest BCUT2D eigenvalue weighted by atomic mass is 10.1. The summed E-state index contributed by atoms with van der Waals surface area (Å²) in [4.78, 5) is 24.6. The monoisotopic (exact) mass is 403 g/mol. The van der Waals surface area contributed by atoms with Crippen molar-refractivity contribution in [1.29, 1.82) is 0 Å². The molecule has 0 aliphatic carbocycles. The summed E-state index contributed by atoms with van der Waals surface area (Å²) in [5, 5.41) is 2.72. The van der Waals surface area contributed by atoms with Gasteiger partial charge in [-0.3, -0.25) is 4.79 Å². The Hall–Kier alpha value is -3.60. The highest BCUT2D eigenvalue weighted by molar-refractivity contribution is 5.85. The number of esters is 1. The number of carbonyl (C=O) groups excluding carboxylic acids is 2. The molecule has 5 nitrogen and oxygen atoms in total. The van der Waals surface area contributed by atoms with Crippen LogP contribution in [0.2, 0.25) is 0 Å². The summed E-state index contributed by atoms with van der Waals surface area (Å²) in [5.41, 5.74) is 3.12. The van der Waals surface area contributed by atoms with E-state index in [1.807, 2.05) is 84.9 Å². The fraction of sp³-hybridized carbons (Fsp3) is 0.200. The van der Waals surface area contributed by atoms with E-state index in [1.165, 1.54) is 0 Å². The Bertz CT molecular complexity index is 940. The van der Waals surface area contributed by atoms with Gasteiger partial charge in [0.05, 0.1) is 6.61 Å². The van der Waals surface area contributed by atoms with E-state index in [0.29, 0.717) is 12.2 Å². The molecule has 3 rings (SSSR count). The summed E-state index contributed by atoms with van der Waals surface area (Å²) >= 11 is 0. The number of rotatable bonds is 9. The third kappa shape index (κ3) is 6.21. The first-order valence-electron chi connectivity index (χ1n) is 9.94. The average Bonchev–Trinajstić information content (AvgIpc) is 2.79. The summed E-state index contributed by atoms with van der Waals surface area (Å²) in [6.07, 6.45) is 0.358. The van der Waals surface area contributed by atoms with Crippen LogP contribution in [0.25, 0.3) is 11.1 Å². The molecule has 0 aliphatic heterocycles. The maximum absolute atomic E-state index is 12.4. The van der Waals surface area contributed by atoms with Gasteiger partial charge in [0.15, 0.2) is 6.61 Å². The normalized spacial score (nSPS) is 11.4. The van der Waals surface area contributed by atoms with E-state index >= 15 is 0 Å². The zero-order valence-electron chi connectivity index (χ0n) is 16.9. The quantitative estimate of drug-likeness (QED) is 0.548. The summed E-state index contributed by atoms with van der Waals surface area (Å²) in [5.74, 6) is -0.251. The molecule has 154 valence electrons. The topological polar surface area (TPSA) is 64.6 Å². The second-order valence-corrected chi connectivity index (χ2v) is 6.74. The van der Waals surface area contributed by atoms with Crippen LogP contribution in [0.15, 0.2) is 84.9 Å². The molecule has 0 heterocycles. The largest absolute Gasteiger partial charge is 0.484 e. The minimum Gasteiger partial charge on any atom is -0.484 e. The smallest absolute Gasteiger partial charge is 0.328 e. The molecule has 0 fully saturated rings. The van der Waals surface area contributed by atoms with Gasteiger partial charge in [0.2, 0.25) is 0 Å². The lowest BCUT2D eigenvalue weighted by molar-refractivity contribution is -0.147. The van der Waals surface area contributed by atoms with Gasteiger partial charge in [0, 0.05) is 6.42 Å². The van der Waals surface area contributed by atoms with Crippen molar-refractivity contribution < 1.29 is 19.1 Å². The third-order valence-electron chi connectivity index (χ3n) is 4.52. The molecule has 1 atom stereocenters. The second-order valence-electron chi connectivity index (χ2n) is 6.74. The van der Waals surface area contributed by atoms with Gasteiger partial charge in [-0.15, -0.1) is 0 Å². The molecule has 0 aliphatic rings. The number of benzene rings is 3. The molecule has 1 unspecified atom stereocenters. The van der Waals surface area contributed by atoms with E-state index in [-0.39, 0.29) is 19.1 Å². The molecule has 1 amide bonds. The predicted molar refractivity (Wildman–Crippen MR) is 116 cm³/mol. The minimum absolute atomic E-state index is 0.185. The van der Waals surface area contributed by atoms with Crippen LogP contribution in [0.4, 0.5) is 0 Å². The van der Waals surface area contributed by atoms with Crippen molar-refractivity contribution in [1.82, 2.24) is 5.32 Å². The predicted octanol–water partition coefficient (Wildman–Crippen LogP) is 4.02. The molecule has 3 aromatic rings. The molecule has 0 aromatic heterocycles. The molecule has 0 bridgehead atoms. The minimum atomic E-state index is -0.760. The first kappa shape index (κ1) is 21.1. The fourth-order valence-electron chi connectivity index (χ4n) is 3.05. The lowest BCUT2D eigenvalue weighted by Crippen LogP contribution is -2.45. The van der Waals surface area contributed by atoms with Gasteiger partial charge in [0.25, 0.3) is 5.91 Å². The zero-order chi connectivity index (χ0) is 21.2. The van der Waals surface area contributed by atoms with Gasteiger partial charge in [-0.25, -0.2) is 4.79 Å². The average molecular weight is 403 g/mol. The molecule has 0 radical (unpaired) electrons. The van der Waals surface area contributed by atoms with E-state index in [2.05, 4.69) is 5.32 Å². The Labute approximate surface area is 176 Å². The summed E-state index contributed by atoms with van der Waals surface area (Å²) < 4.78 is 10.7. The van der Waals surface area contributed by atoms with Crippen LogP contribution in [0.3, 0.4) is 0 Å². The zero-order valence-corrected chi connectivity index (χ0v) is 16.9. The first-order chi connectivity index (χ1) is 14.7. The molecule has 30 heavy (non-hydrogen) atoms. The summed E-state index contributed by atoms with van der Waals surface area (Å²) in [7, 11) is 0. The van der Waals surface area contributed by atoms with E-state index in [9.17, 15) is 9.59 Å². The van der Waals surface area contributed by atoms with Crippen LogP contribution in [-0.2, 0) is 20.7 Å². The van der Waals surface area contributed by atoms with Crippen molar-refractivity contribution in [2.75, 3.05) is 13.2 Å². The summed E-state index contributed by atoms with van der Waals surface area (Å²) in [6.45, 7) is 1.81. The van der Waals surface area contributed by atoms with Crippen molar-refractivity contribution in [3.05, 3.63) is 90.5 Å². The number of carbonyl (C=O) groups is 2. The van der Waals surface area contributed by atoms with Crippen LogP contribution in [0, 0.1) is 0 Å². The third-order valence-corrected chi connectivity index (χ3v) is 4.52. The van der Waals surface area contributed by atoms with Crippen LogP contribution >= 0.6 is 0 Å². The Balaban J connectivity index is 1.56. The highest BCUT2D eigenvalue weighted by atomic mass is 16.5. The van der Waals surface area contributed by atoms with E-state index in [1.54, 1.807) is 6.92 Å². The molecule has 0 saturated carbocycles. The Morgan fingerprint density at radius 3 is 2.07 bits per heavy atom. The van der Waals surface area contributed by atoms with Gasteiger partial charge >= 0.3 is 5.97 Å². The van der Waals surface area contributed by atoms with E-state index in [0.717, 1.165) is 16.7 Å².